The fourth-order valence-electron chi connectivity index (χ4n) is 1.73. The number of carbonyl (C=O) groups excluding carboxylic acids is 1. The van der Waals surface area contributed by atoms with Crippen LogP contribution < -0.4 is 21.5 Å². The highest BCUT2D eigenvalue weighted by Gasteiger charge is 2.14. The molecule has 20 heavy (non-hydrogen) atoms. The van der Waals surface area contributed by atoms with Crippen LogP contribution in [0.25, 0.3) is 0 Å². The molecule has 0 aromatic carbocycles. The zero-order valence-corrected chi connectivity index (χ0v) is 12.6. The summed E-state index contributed by atoms with van der Waals surface area (Å²) in [4.78, 5) is 22.4. The maximum absolute atomic E-state index is 11.7. The lowest BCUT2D eigenvalue weighted by Crippen LogP contribution is -2.37. The van der Waals surface area contributed by atoms with E-state index in [4.69, 9.17) is 5.84 Å². The van der Waals surface area contributed by atoms with E-state index >= 15 is 0 Å². The van der Waals surface area contributed by atoms with E-state index in [1.54, 1.807) is 6.07 Å². The Balaban J connectivity index is 3.01. The van der Waals surface area contributed by atoms with Crippen LogP contribution in [0.15, 0.2) is 6.07 Å². The first-order valence-electron chi connectivity index (χ1n) is 6.89. The minimum atomic E-state index is -0.0266. The van der Waals surface area contributed by atoms with Crippen LogP contribution in [0.1, 0.15) is 39.4 Å². The highest BCUT2D eigenvalue weighted by Crippen LogP contribution is 2.19. The van der Waals surface area contributed by atoms with Crippen LogP contribution in [0.2, 0.25) is 0 Å². The van der Waals surface area contributed by atoms with Gasteiger partial charge in [0.25, 0.3) is 0 Å². The second kappa shape index (κ2) is 7.64. The Morgan fingerprint density at radius 1 is 1.40 bits per heavy atom. The van der Waals surface area contributed by atoms with E-state index in [1.165, 1.54) is 0 Å². The van der Waals surface area contributed by atoms with Crippen LogP contribution in [0, 0.1) is 0 Å². The third kappa shape index (κ3) is 4.34. The van der Waals surface area contributed by atoms with Crippen molar-refractivity contribution < 1.29 is 4.79 Å². The molecule has 1 amide bonds. The summed E-state index contributed by atoms with van der Waals surface area (Å²) in [5.41, 5.74) is 2.54. The fraction of sp³-hybridized carbons (Fsp3) is 0.615. The van der Waals surface area contributed by atoms with Gasteiger partial charge in [-0.05, 0) is 13.8 Å². The van der Waals surface area contributed by atoms with Gasteiger partial charge in [0.1, 0.15) is 17.5 Å². The molecule has 4 N–H and O–H groups in total. The van der Waals surface area contributed by atoms with E-state index in [2.05, 4.69) is 20.7 Å². The molecule has 0 radical (unpaired) electrons. The van der Waals surface area contributed by atoms with Crippen LogP contribution in [0.5, 0.6) is 0 Å². The number of carbonyl (C=O) groups is 1. The van der Waals surface area contributed by atoms with Crippen molar-refractivity contribution in [2.75, 3.05) is 30.0 Å². The molecule has 0 aliphatic heterocycles. The lowest BCUT2D eigenvalue weighted by atomic mass is 10.2. The Morgan fingerprint density at radius 2 is 2.10 bits per heavy atom. The number of nitrogens with zero attached hydrogens (tertiary/aromatic N) is 3. The zero-order valence-electron chi connectivity index (χ0n) is 12.6. The maximum Gasteiger partial charge on any atom is 0.239 e. The first kappa shape index (κ1) is 16.2. The molecule has 1 aromatic heterocycles. The van der Waals surface area contributed by atoms with Crippen molar-refractivity contribution in [1.29, 1.82) is 0 Å². The van der Waals surface area contributed by atoms with Gasteiger partial charge in [-0.25, -0.2) is 15.8 Å². The molecule has 0 aliphatic carbocycles. The quantitative estimate of drug-likeness (QED) is 0.506. The molecule has 0 aliphatic rings. The van der Waals surface area contributed by atoms with Crippen molar-refractivity contribution in [2.45, 2.75) is 33.6 Å². The van der Waals surface area contributed by atoms with Gasteiger partial charge >= 0.3 is 0 Å². The highest BCUT2D eigenvalue weighted by atomic mass is 16.2. The molecule has 1 rings (SSSR count). The predicted octanol–water partition coefficient (Wildman–Crippen LogP) is 0.848. The van der Waals surface area contributed by atoms with Gasteiger partial charge in [-0.15, -0.1) is 0 Å². The molecular weight excluding hydrogens is 256 g/mol. The monoisotopic (exact) mass is 280 g/mol. The van der Waals surface area contributed by atoms with Crippen LogP contribution in [0.3, 0.4) is 0 Å². The molecule has 1 heterocycles. The number of hydrazine groups is 1. The number of nitrogen functional groups attached to an aromatic ring is 1. The number of nitrogens with two attached hydrogens (primary N) is 1. The van der Waals surface area contributed by atoms with Gasteiger partial charge in [0.15, 0.2) is 0 Å². The zero-order chi connectivity index (χ0) is 15.1. The SMILES string of the molecule is CCNC(=O)CN(CC)c1cc(NN)nc(C(C)C)n1. The summed E-state index contributed by atoms with van der Waals surface area (Å²) >= 11 is 0. The van der Waals surface area contributed by atoms with Crippen LogP contribution in [-0.4, -0.2) is 35.5 Å². The number of nitrogens with one attached hydrogen (secondary N) is 2. The fourth-order valence-corrected chi connectivity index (χ4v) is 1.73. The summed E-state index contributed by atoms with van der Waals surface area (Å²) in [6, 6.07) is 1.74. The van der Waals surface area contributed by atoms with Gasteiger partial charge in [-0.1, -0.05) is 13.8 Å². The third-order valence-corrected chi connectivity index (χ3v) is 2.81. The molecule has 0 bridgehead atoms. The summed E-state index contributed by atoms with van der Waals surface area (Å²) in [6.45, 7) is 9.46. The van der Waals surface area contributed by atoms with Crippen molar-refractivity contribution in [1.82, 2.24) is 15.3 Å². The van der Waals surface area contributed by atoms with Crippen LogP contribution in [-0.2, 0) is 4.79 Å². The standard InChI is InChI=1S/C13H24N6O/c1-5-15-12(20)8-19(6-2)11-7-10(18-14)16-13(17-11)9(3)4/h7,9H,5-6,8,14H2,1-4H3,(H,15,20)(H,16,17,18). The molecule has 0 spiro atoms. The van der Waals surface area contributed by atoms with Crippen LogP contribution >= 0.6 is 0 Å². The first-order chi connectivity index (χ1) is 9.51. The molecule has 0 unspecified atom stereocenters. The summed E-state index contributed by atoms with van der Waals surface area (Å²) in [6.07, 6.45) is 0. The topological polar surface area (TPSA) is 96.2 Å². The van der Waals surface area contributed by atoms with E-state index in [0.717, 1.165) is 0 Å². The molecule has 0 fully saturated rings. The summed E-state index contributed by atoms with van der Waals surface area (Å²) in [7, 11) is 0. The second-order valence-electron chi connectivity index (χ2n) is 4.74. The van der Waals surface area contributed by atoms with Crippen LogP contribution in [0.4, 0.5) is 11.6 Å². The molecule has 7 nitrogen and oxygen atoms in total. The number of aromatic nitrogens is 2. The maximum atomic E-state index is 11.7. The van der Waals surface area contributed by atoms with Crippen molar-refractivity contribution in [3.8, 4) is 0 Å². The number of likely N-dealkylation sites (N-methyl/N-ethyl adjacent to an activating group) is 2. The van der Waals surface area contributed by atoms with E-state index in [0.29, 0.717) is 30.5 Å². The average Bonchev–Trinajstić information content (AvgIpc) is 2.44. The second-order valence-corrected chi connectivity index (χ2v) is 4.74. The normalized spacial score (nSPS) is 10.5. The van der Waals surface area contributed by atoms with Crippen molar-refractivity contribution in [3.05, 3.63) is 11.9 Å². The number of hydrogen-bond acceptors (Lipinski definition) is 6. The minimum Gasteiger partial charge on any atom is -0.355 e. The Hall–Kier alpha value is -1.89. The van der Waals surface area contributed by atoms with Gasteiger partial charge in [0, 0.05) is 25.1 Å². The van der Waals surface area contributed by atoms with Crippen molar-refractivity contribution >= 4 is 17.5 Å². The Kier molecular flexibility index (Phi) is 6.17. The van der Waals surface area contributed by atoms with E-state index < -0.39 is 0 Å². The molecule has 0 saturated heterocycles. The predicted molar refractivity (Wildman–Crippen MR) is 80.5 cm³/mol. The van der Waals surface area contributed by atoms with Crippen molar-refractivity contribution in [3.63, 3.8) is 0 Å². The minimum absolute atomic E-state index is 0.0266. The average molecular weight is 280 g/mol. The number of amides is 1. The molecule has 1 aromatic rings. The van der Waals surface area contributed by atoms with Gasteiger partial charge in [-0.3, -0.25) is 4.79 Å². The van der Waals surface area contributed by atoms with E-state index in [-0.39, 0.29) is 18.4 Å². The summed E-state index contributed by atoms with van der Waals surface area (Å²) in [5, 5.41) is 2.78. The lowest BCUT2D eigenvalue weighted by Gasteiger charge is -2.22. The largest absolute Gasteiger partial charge is 0.355 e. The van der Waals surface area contributed by atoms with Gasteiger partial charge in [-0.2, -0.15) is 0 Å². The van der Waals surface area contributed by atoms with E-state index in [1.807, 2.05) is 32.6 Å². The number of rotatable bonds is 7. The number of anilines is 2. The molecule has 0 saturated carbocycles. The first-order valence-corrected chi connectivity index (χ1v) is 6.89. The lowest BCUT2D eigenvalue weighted by molar-refractivity contribution is -0.119. The van der Waals surface area contributed by atoms with Gasteiger partial charge in [0.2, 0.25) is 5.91 Å². The molecular formula is C13H24N6O. The summed E-state index contributed by atoms with van der Waals surface area (Å²) in [5.74, 6) is 7.55. The smallest absolute Gasteiger partial charge is 0.239 e. The molecule has 0 atom stereocenters. The van der Waals surface area contributed by atoms with Gasteiger partial charge < -0.3 is 15.6 Å². The Labute approximate surface area is 119 Å². The molecule has 7 heteroatoms. The highest BCUT2D eigenvalue weighted by molar-refractivity contribution is 5.81. The van der Waals surface area contributed by atoms with Crippen molar-refractivity contribution in [2.24, 2.45) is 5.84 Å². The van der Waals surface area contributed by atoms with Gasteiger partial charge in [0.05, 0.1) is 6.54 Å². The molecule has 112 valence electrons. The van der Waals surface area contributed by atoms with E-state index in [9.17, 15) is 4.79 Å². The number of hydrogen-bond donors (Lipinski definition) is 3. The third-order valence-electron chi connectivity index (χ3n) is 2.81. The Bertz CT molecular complexity index is 448. The Morgan fingerprint density at radius 3 is 2.60 bits per heavy atom. The summed E-state index contributed by atoms with van der Waals surface area (Å²) < 4.78 is 0.